The molecule has 1 aromatic carbocycles. The first-order valence-corrected chi connectivity index (χ1v) is 6.54. The van der Waals surface area contributed by atoms with Crippen molar-refractivity contribution < 1.29 is 10.0 Å². The highest BCUT2D eigenvalue weighted by atomic mass is 16.6. The molecule has 1 heterocycles. The number of hydrogen-bond acceptors (Lipinski definition) is 5. The van der Waals surface area contributed by atoms with Crippen molar-refractivity contribution in [3.63, 3.8) is 0 Å². The van der Waals surface area contributed by atoms with E-state index in [1.165, 1.54) is 0 Å². The van der Waals surface area contributed by atoms with Crippen molar-refractivity contribution in [1.82, 2.24) is 0 Å². The van der Waals surface area contributed by atoms with Gasteiger partial charge in [-0.1, -0.05) is 6.07 Å². The molecule has 6 nitrogen and oxygen atoms in total. The highest BCUT2D eigenvalue weighted by Gasteiger charge is 2.43. The SMILES string of the molecule is Nc1cccc(N2CC3CCC(O)C3C2)c1[N+](=O)[O-]. The average Bonchev–Trinajstić information content (AvgIpc) is 2.91. The van der Waals surface area contributed by atoms with Crippen molar-refractivity contribution in [3.05, 3.63) is 28.3 Å². The first-order valence-electron chi connectivity index (χ1n) is 6.54. The normalized spacial score (nSPS) is 29.5. The average molecular weight is 263 g/mol. The first-order chi connectivity index (χ1) is 9.08. The van der Waals surface area contributed by atoms with Gasteiger partial charge in [-0.05, 0) is 30.9 Å². The minimum atomic E-state index is -0.421. The Bertz CT molecular complexity index is 520. The fourth-order valence-corrected chi connectivity index (χ4v) is 3.44. The van der Waals surface area contributed by atoms with E-state index in [0.29, 0.717) is 18.2 Å². The van der Waals surface area contributed by atoms with Crippen LogP contribution in [0.1, 0.15) is 12.8 Å². The fourth-order valence-electron chi connectivity index (χ4n) is 3.44. The van der Waals surface area contributed by atoms with Crippen LogP contribution >= 0.6 is 0 Å². The van der Waals surface area contributed by atoms with E-state index in [1.54, 1.807) is 18.2 Å². The molecule has 102 valence electrons. The van der Waals surface area contributed by atoms with Gasteiger partial charge in [-0.15, -0.1) is 0 Å². The number of nitrogen functional groups attached to an aromatic ring is 1. The Morgan fingerprint density at radius 3 is 2.84 bits per heavy atom. The van der Waals surface area contributed by atoms with Gasteiger partial charge in [0.2, 0.25) is 0 Å². The summed E-state index contributed by atoms with van der Waals surface area (Å²) in [5.74, 6) is 0.678. The van der Waals surface area contributed by atoms with E-state index < -0.39 is 4.92 Å². The summed E-state index contributed by atoms with van der Waals surface area (Å²) in [5.41, 5.74) is 6.47. The highest BCUT2D eigenvalue weighted by molar-refractivity contribution is 5.75. The molecule has 6 heteroatoms. The van der Waals surface area contributed by atoms with Gasteiger partial charge in [-0.25, -0.2) is 0 Å². The molecular formula is C13H17N3O3. The summed E-state index contributed by atoms with van der Waals surface area (Å²) in [6.07, 6.45) is 1.58. The predicted octanol–water partition coefficient (Wildman–Crippen LogP) is 1.38. The van der Waals surface area contributed by atoms with Crippen LogP contribution in [0.4, 0.5) is 17.1 Å². The standard InChI is InChI=1S/C13H17N3O3/c14-10-2-1-3-11(13(10)16(18)19)15-6-8-4-5-12(17)9(8)7-15/h1-3,8-9,12,17H,4-7,14H2. The summed E-state index contributed by atoms with van der Waals surface area (Å²) in [4.78, 5) is 12.7. The second-order valence-corrected chi connectivity index (χ2v) is 5.45. The van der Waals surface area contributed by atoms with Gasteiger partial charge in [0.15, 0.2) is 0 Å². The molecule has 3 atom stereocenters. The number of para-hydroxylation sites is 1. The van der Waals surface area contributed by atoms with Crippen LogP contribution < -0.4 is 10.6 Å². The number of anilines is 2. The van der Waals surface area contributed by atoms with E-state index >= 15 is 0 Å². The summed E-state index contributed by atoms with van der Waals surface area (Å²) < 4.78 is 0. The molecule has 1 aliphatic carbocycles. The van der Waals surface area contributed by atoms with Gasteiger partial charge in [0, 0.05) is 19.0 Å². The Kier molecular flexibility index (Phi) is 2.82. The van der Waals surface area contributed by atoms with Gasteiger partial charge in [-0.3, -0.25) is 10.1 Å². The van der Waals surface area contributed by atoms with Gasteiger partial charge in [0.25, 0.3) is 0 Å². The topological polar surface area (TPSA) is 92.6 Å². The Morgan fingerprint density at radius 1 is 1.37 bits per heavy atom. The number of aliphatic hydroxyl groups is 1. The van der Waals surface area contributed by atoms with E-state index in [2.05, 4.69) is 0 Å². The molecule has 1 saturated heterocycles. The van der Waals surface area contributed by atoms with E-state index in [4.69, 9.17) is 5.73 Å². The zero-order valence-corrected chi connectivity index (χ0v) is 10.5. The maximum atomic E-state index is 11.2. The van der Waals surface area contributed by atoms with Crippen LogP contribution in [0.25, 0.3) is 0 Å². The Labute approximate surface area is 111 Å². The molecular weight excluding hydrogens is 246 g/mol. The van der Waals surface area contributed by atoms with Crippen molar-refractivity contribution in [1.29, 1.82) is 0 Å². The van der Waals surface area contributed by atoms with Crippen molar-refractivity contribution in [3.8, 4) is 0 Å². The molecule has 0 amide bonds. The molecule has 0 aromatic heterocycles. The molecule has 0 bridgehead atoms. The maximum absolute atomic E-state index is 11.2. The third-order valence-corrected chi connectivity index (χ3v) is 4.39. The largest absolute Gasteiger partial charge is 0.393 e. The van der Waals surface area contributed by atoms with Gasteiger partial charge in [0.1, 0.15) is 11.4 Å². The summed E-state index contributed by atoms with van der Waals surface area (Å²) in [6.45, 7) is 1.45. The lowest BCUT2D eigenvalue weighted by Crippen LogP contribution is -2.25. The number of nitro groups is 1. The molecule has 0 spiro atoms. The minimum Gasteiger partial charge on any atom is -0.393 e. The molecule has 3 rings (SSSR count). The quantitative estimate of drug-likeness (QED) is 0.478. The van der Waals surface area contributed by atoms with Crippen molar-refractivity contribution in [2.24, 2.45) is 11.8 Å². The molecule has 2 aliphatic rings. The number of rotatable bonds is 2. The van der Waals surface area contributed by atoms with Gasteiger partial charge >= 0.3 is 5.69 Å². The third-order valence-electron chi connectivity index (χ3n) is 4.39. The van der Waals surface area contributed by atoms with Crippen LogP contribution in [0, 0.1) is 22.0 Å². The summed E-state index contributed by atoms with van der Waals surface area (Å²) in [5, 5.41) is 21.1. The van der Waals surface area contributed by atoms with Crippen molar-refractivity contribution >= 4 is 17.1 Å². The van der Waals surface area contributed by atoms with E-state index in [1.807, 2.05) is 4.90 Å². The van der Waals surface area contributed by atoms with Crippen LogP contribution in [0.5, 0.6) is 0 Å². The molecule has 2 fully saturated rings. The van der Waals surface area contributed by atoms with Crippen LogP contribution in [0.15, 0.2) is 18.2 Å². The van der Waals surface area contributed by atoms with Crippen LogP contribution in [-0.2, 0) is 0 Å². The lowest BCUT2D eigenvalue weighted by Gasteiger charge is -2.20. The Balaban J connectivity index is 1.92. The zero-order valence-electron chi connectivity index (χ0n) is 10.5. The lowest BCUT2D eigenvalue weighted by atomic mass is 10.00. The fraction of sp³-hybridized carbons (Fsp3) is 0.538. The number of nitro benzene ring substituents is 1. The van der Waals surface area contributed by atoms with E-state index in [-0.39, 0.29) is 23.4 Å². The Hall–Kier alpha value is -1.82. The number of fused-ring (bicyclic) bond motifs is 1. The first kappa shape index (κ1) is 12.2. The van der Waals surface area contributed by atoms with E-state index in [0.717, 1.165) is 19.4 Å². The minimum absolute atomic E-state index is 0.0167. The van der Waals surface area contributed by atoms with Gasteiger partial charge < -0.3 is 15.7 Å². The second kappa shape index (κ2) is 4.38. The monoisotopic (exact) mass is 263 g/mol. The molecule has 1 aromatic rings. The van der Waals surface area contributed by atoms with Crippen molar-refractivity contribution in [2.75, 3.05) is 23.7 Å². The van der Waals surface area contributed by atoms with Gasteiger partial charge in [0.05, 0.1) is 11.0 Å². The number of hydrogen-bond donors (Lipinski definition) is 2. The third kappa shape index (κ3) is 1.92. The second-order valence-electron chi connectivity index (χ2n) is 5.45. The Morgan fingerprint density at radius 2 is 2.16 bits per heavy atom. The number of aliphatic hydroxyl groups excluding tert-OH is 1. The summed E-state index contributed by atoms with van der Waals surface area (Å²) in [7, 11) is 0. The number of nitrogens with zero attached hydrogens (tertiary/aromatic N) is 2. The predicted molar refractivity (Wildman–Crippen MR) is 71.9 cm³/mol. The number of benzene rings is 1. The van der Waals surface area contributed by atoms with E-state index in [9.17, 15) is 15.2 Å². The van der Waals surface area contributed by atoms with Gasteiger partial charge in [-0.2, -0.15) is 0 Å². The van der Waals surface area contributed by atoms with Crippen LogP contribution in [0.3, 0.4) is 0 Å². The number of nitrogens with two attached hydrogens (primary N) is 1. The van der Waals surface area contributed by atoms with Crippen LogP contribution in [-0.4, -0.2) is 29.2 Å². The van der Waals surface area contributed by atoms with Crippen molar-refractivity contribution in [2.45, 2.75) is 18.9 Å². The maximum Gasteiger partial charge on any atom is 0.315 e. The molecule has 1 aliphatic heterocycles. The zero-order chi connectivity index (χ0) is 13.6. The smallest absolute Gasteiger partial charge is 0.315 e. The lowest BCUT2D eigenvalue weighted by molar-refractivity contribution is -0.383. The molecule has 3 N–H and O–H groups in total. The van der Waals surface area contributed by atoms with Crippen LogP contribution in [0.2, 0.25) is 0 Å². The molecule has 0 radical (unpaired) electrons. The summed E-state index contributed by atoms with van der Waals surface area (Å²) >= 11 is 0. The molecule has 1 saturated carbocycles. The molecule has 19 heavy (non-hydrogen) atoms. The highest BCUT2D eigenvalue weighted by Crippen LogP contribution is 2.43. The summed E-state index contributed by atoms with van der Waals surface area (Å²) in [6, 6.07) is 5.03. The molecule has 3 unspecified atom stereocenters.